The molecule has 0 aliphatic rings. The SMILES string of the molecule is CCCCCCC/C=C\C/C=C\CCCCCCCCCCCCCCCCCCCC(=O)NC(COP(=O)(O)OCC[N+](C)(C)C)C(O)/C=C/CC/C=C/CC/C=C/CCCCCCCCCC. The van der Waals surface area contributed by atoms with Crippen LogP contribution in [0.3, 0.4) is 0 Å². The van der Waals surface area contributed by atoms with E-state index in [-0.39, 0.29) is 19.1 Å². The molecule has 8 nitrogen and oxygen atoms in total. The van der Waals surface area contributed by atoms with E-state index in [0.717, 1.165) is 51.4 Å². The summed E-state index contributed by atoms with van der Waals surface area (Å²) < 4.78 is 23.7. The standard InChI is InChI=1S/C60H113N2O6P/c1-6-8-10-12-14-16-18-20-22-24-26-27-28-29-30-31-32-33-34-35-36-38-40-42-44-46-48-50-52-54-60(64)61-58(57-68-69(65,66)67-56-55-62(3,4)5)59(63)53-51-49-47-45-43-41-39-37-25-23-21-19-17-15-13-11-9-7-2/h18,20,24-26,37,43,45,51,53,58-59,63H,6-17,19,21-23,27-36,38-42,44,46-50,52,54-57H2,1-5H3,(H-,61,64,65,66)/p+1/b20-18-,26-24-,37-25+,45-43+,53-51+. The van der Waals surface area contributed by atoms with E-state index >= 15 is 0 Å². The number of aliphatic hydroxyl groups excluding tert-OH is 1. The number of carbonyl (C=O) groups is 1. The highest BCUT2D eigenvalue weighted by atomic mass is 31.2. The number of phosphoric ester groups is 1. The van der Waals surface area contributed by atoms with Gasteiger partial charge in [-0.2, -0.15) is 0 Å². The van der Waals surface area contributed by atoms with Crippen molar-refractivity contribution < 1.29 is 32.9 Å². The van der Waals surface area contributed by atoms with Gasteiger partial charge in [-0.1, -0.05) is 242 Å². The highest BCUT2D eigenvalue weighted by Crippen LogP contribution is 2.43. The highest BCUT2D eigenvalue weighted by molar-refractivity contribution is 7.47. The lowest BCUT2D eigenvalue weighted by Crippen LogP contribution is -2.45. The number of phosphoric acid groups is 1. The molecule has 0 aromatic carbocycles. The highest BCUT2D eigenvalue weighted by Gasteiger charge is 2.27. The van der Waals surface area contributed by atoms with Gasteiger partial charge >= 0.3 is 7.82 Å². The van der Waals surface area contributed by atoms with Crippen molar-refractivity contribution in [2.24, 2.45) is 0 Å². The Bertz CT molecular complexity index is 1310. The third-order valence-corrected chi connectivity index (χ3v) is 13.9. The molecule has 0 spiro atoms. The molecule has 0 radical (unpaired) electrons. The summed E-state index contributed by atoms with van der Waals surface area (Å²) in [5.41, 5.74) is 0. The van der Waals surface area contributed by atoms with Crippen LogP contribution in [0.5, 0.6) is 0 Å². The second kappa shape index (κ2) is 51.1. The first kappa shape index (κ1) is 67.2. The molecule has 9 heteroatoms. The minimum absolute atomic E-state index is 0.0529. The molecule has 0 aromatic rings. The van der Waals surface area contributed by atoms with Gasteiger partial charge in [-0.3, -0.25) is 13.8 Å². The zero-order valence-corrected chi connectivity index (χ0v) is 46.9. The number of carbonyl (C=O) groups excluding carboxylic acids is 1. The van der Waals surface area contributed by atoms with Gasteiger partial charge in [-0.15, -0.1) is 0 Å². The van der Waals surface area contributed by atoms with Crippen molar-refractivity contribution in [2.75, 3.05) is 40.9 Å². The number of allylic oxidation sites excluding steroid dienone is 9. The van der Waals surface area contributed by atoms with Crippen molar-refractivity contribution in [3.8, 4) is 0 Å². The van der Waals surface area contributed by atoms with E-state index in [4.69, 9.17) is 9.05 Å². The third-order valence-electron chi connectivity index (χ3n) is 12.9. The maximum absolute atomic E-state index is 13.0. The summed E-state index contributed by atoms with van der Waals surface area (Å²) in [7, 11) is 1.55. The first-order valence-electron chi connectivity index (χ1n) is 29.2. The minimum atomic E-state index is -4.36. The van der Waals surface area contributed by atoms with Crippen LogP contribution < -0.4 is 5.32 Å². The lowest BCUT2D eigenvalue weighted by molar-refractivity contribution is -0.870. The Morgan fingerprint density at radius 2 is 0.841 bits per heavy atom. The molecule has 0 saturated heterocycles. The van der Waals surface area contributed by atoms with E-state index in [0.29, 0.717) is 17.4 Å². The van der Waals surface area contributed by atoms with Crippen LogP contribution in [0, 0.1) is 0 Å². The van der Waals surface area contributed by atoms with Crippen LogP contribution in [0.2, 0.25) is 0 Å². The van der Waals surface area contributed by atoms with E-state index in [1.165, 1.54) is 193 Å². The molecule has 0 heterocycles. The molecule has 3 N–H and O–H groups in total. The molecular weight excluding hydrogens is 876 g/mol. The van der Waals surface area contributed by atoms with Crippen molar-refractivity contribution in [3.05, 3.63) is 60.8 Å². The van der Waals surface area contributed by atoms with Gasteiger partial charge in [0.1, 0.15) is 13.2 Å². The van der Waals surface area contributed by atoms with E-state index in [2.05, 4.69) is 67.8 Å². The fourth-order valence-electron chi connectivity index (χ4n) is 8.34. The number of likely N-dealkylation sites (N-methyl/N-ethyl adjacent to an activating group) is 1. The number of unbranched alkanes of at least 4 members (excludes halogenated alkanes) is 32. The molecule has 3 unspecified atom stereocenters. The first-order chi connectivity index (χ1) is 33.5. The van der Waals surface area contributed by atoms with E-state index in [9.17, 15) is 19.4 Å². The quantitative estimate of drug-likeness (QED) is 0.0243. The van der Waals surface area contributed by atoms with E-state index in [1.807, 2.05) is 27.2 Å². The van der Waals surface area contributed by atoms with Gasteiger partial charge in [0.15, 0.2) is 0 Å². The topological polar surface area (TPSA) is 105 Å². The Kier molecular flexibility index (Phi) is 49.8. The number of quaternary nitrogens is 1. The Morgan fingerprint density at radius 3 is 1.25 bits per heavy atom. The molecule has 0 fully saturated rings. The van der Waals surface area contributed by atoms with Gasteiger partial charge in [0.25, 0.3) is 0 Å². The summed E-state index contributed by atoms with van der Waals surface area (Å²) in [6.07, 6.45) is 69.0. The van der Waals surface area contributed by atoms with Crippen molar-refractivity contribution >= 4 is 13.7 Å². The fraction of sp³-hybridized carbons (Fsp3) is 0.817. The van der Waals surface area contributed by atoms with Gasteiger partial charge in [-0.25, -0.2) is 4.57 Å². The van der Waals surface area contributed by atoms with E-state index in [1.54, 1.807) is 6.08 Å². The predicted molar refractivity (Wildman–Crippen MR) is 300 cm³/mol. The number of amides is 1. The molecule has 404 valence electrons. The first-order valence-corrected chi connectivity index (χ1v) is 30.7. The molecule has 0 rings (SSSR count). The van der Waals surface area contributed by atoms with Gasteiger partial charge in [-0.05, 0) is 77.0 Å². The number of nitrogens with one attached hydrogen (secondary N) is 1. The second-order valence-corrected chi connectivity index (χ2v) is 22.4. The normalized spacial score (nSPS) is 14.4. The summed E-state index contributed by atoms with van der Waals surface area (Å²) in [5, 5.41) is 13.9. The van der Waals surface area contributed by atoms with Gasteiger partial charge in [0.2, 0.25) is 5.91 Å². The van der Waals surface area contributed by atoms with Gasteiger partial charge in [0.05, 0.1) is 39.9 Å². The molecule has 0 aliphatic carbocycles. The van der Waals surface area contributed by atoms with E-state index < -0.39 is 20.0 Å². The Labute approximate surface area is 428 Å². The minimum Gasteiger partial charge on any atom is -0.387 e. The number of nitrogens with zero attached hydrogens (tertiary/aromatic N) is 1. The number of hydrogen-bond acceptors (Lipinski definition) is 5. The Balaban J connectivity index is 4.19. The largest absolute Gasteiger partial charge is 0.472 e. The van der Waals surface area contributed by atoms with Crippen LogP contribution >= 0.6 is 7.82 Å². The molecule has 0 aliphatic heterocycles. The number of hydrogen-bond donors (Lipinski definition) is 3. The molecule has 0 aromatic heterocycles. The number of rotatable bonds is 53. The molecule has 3 atom stereocenters. The summed E-state index contributed by atoms with van der Waals surface area (Å²) >= 11 is 0. The predicted octanol–water partition coefficient (Wildman–Crippen LogP) is 17.7. The van der Waals surface area contributed by atoms with Gasteiger partial charge in [0, 0.05) is 6.42 Å². The summed E-state index contributed by atoms with van der Waals surface area (Å²) in [5.74, 6) is -0.189. The zero-order chi connectivity index (χ0) is 50.6. The van der Waals surface area contributed by atoms with Crippen molar-refractivity contribution in [1.82, 2.24) is 5.32 Å². The molecule has 0 saturated carbocycles. The van der Waals surface area contributed by atoms with Crippen LogP contribution in [0.25, 0.3) is 0 Å². The molecular formula is C60H114N2O6P+. The van der Waals surface area contributed by atoms with Crippen LogP contribution in [-0.4, -0.2) is 73.4 Å². The number of aliphatic hydroxyl groups is 1. The summed E-state index contributed by atoms with van der Waals surface area (Å²) in [6, 6.07) is -0.871. The maximum atomic E-state index is 13.0. The molecule has 0 bridgehead atoms. The average Bonchev–Trinajstić information content (AvgIpc) is 3.31. The lowest BCUT2D eigenvalue weighted by atomic mass is 10.0. The van der Waals surface area contributed by atoms with Crippen LogP contribution in [0.1, 0.15) is 264 Å². The molecule has 69 heavy (non-hydrogen) atoms. The van der Waals surface area contributed by atoms with Crippen molar-refractivity contribution in [1.29, 1.82) is 0 Å². The average molecular weight is 991 g/mol. The van der Waals surface area contributed by atoms with Crippen LogP contribution in [0.4, 0.5) is 0 Å². The van der Waals surface area contributed by atoms with Crippen molar-refractivity contribution in [2.45, 2.75) is 276 Å². The Hall–Kier alpha value is -1.80. The lowest BCUT2D eigenvalue weighted by Gasteiger charge is -2.25. The smallest absolute Gasteiger partial charge is 0.387 e. The maximum Gasteiger partial charge on any atom is 0.472 e. The zero-order valence-electron chi connectivity index (χ0n) is 46.0. The van der Waals surface area contributed by atoms with Crippen LogP contribution in [0.15, 0.2) is 60.8 Å². The van der Waals surface area contributed by atoms with Crippen molar-refractivity contribution in [3.63, 3.8) is 0 Å². The molecule has 1 amide bonds. The second-order valence-electron chi connectivity index (χ2n) is 21.0. The monoisotopic (exact) mass is 990 g/mol. The van der Waals surface area contributed by atoms with Gasteiger partial charge < -0.3 is 19.8 Å². The Morgan fingerprint density at radius 1 is 0.493 bits per heavy atom. The summed E-state index contributed by atoms with van der Waals surface area (Å²) in [6.45, 7) is 4.79. The third kappa shape index (κ3) is 53.8. The summed E-state index contributed by atoms with van der Waals surface area (Å²) in [4.78, 5) is 23.3. The van der Waals surface area contributed by atoms with Crippen LogP contribution in [-0.2, 0) is 18.4 Å². The fourth-order valence-corrected chi connectivity index (χ4v) is 9.08.